The summed E-state index contributed by atoms with van der Waals surface area (Å²) in [6.07, 6.45) is -2.02. The molecule has 1 unspecified atom stereocenters. The van der Waals surface area contributed by atoms with E-state index >= 15 is 0 Å². The van der Waals surface area contributed by atoms with E-state index in [-0.39, 0.29) is 36.4 Å². The number of hydrogen-bond donors (Lipinski definition) is 1. The topological polar surface area (TPSA) is 59.0 Å². The minimum atomic E-state index is -4.41. The summed E-state index contributed by atoms with van der Waals surface area (Å²) in [6, 6.07) is 13.4. The van der Waals surface area contributed by atoms with Crippen LogP contribution in [0.5, 0.6) is 5.88 Å². The van der Waals surface area contributed by atoms with E-state index in [4.69, 9.17) is 9.47 Å². The molecule has 1 aliphatic heterocycles. The molecular formula is C22H28F3IN4O2. The lowest BCUT2D eigenvalue weighted by Crippen LogP contribution is -2.40. The van der Waals surface area contributed by atoms with Gasteiger partial charge in [-0.05, 0) is 18.1 Å². The molecule has 1 N–H and O–H groups in total. The first-order valence-electron chi connectivity index (χ1n) is 10.2. The van der Waals surface area contributed by atoms with Crippen molar-refractivity contribution in [2.45, 2.75) is 25.7 Å². The molecule has 0 aliphatic carbocycles. The van der Waals surface area contributed by atoms with Gasteiger partial charge in [-0.25, -0.2) is 4.98 Å². The predicted molar refractivity (Wildman–Crippen MR) is 127 cm³/mol. The van der Waals surface area contributed by atoms with E-state index in [1.165, 1.54) is 6.20 Å². The Labute approximate surface area is 203 Å². The molecule has 2 aromatic rings. The maximum absolute atomic E-state index is 12.5. The molecule has 1 fully saturated rings. The molecule has 0 amide bonds. The van der Waals surface area contributed by atoms with E-state index in [0.29, 0.717) is 30.7 Å². The Morgan fingerprint density at radius 1 is 1.22 bits per heavy atom. The van der Waals surface area contributed by atoms with Gasteiger partial charge in [-0.3, -0.25) is 4.99 Å². The summed E-state index contributed by atoms with van der Waals surface area (Å²) in [6.45, 7) is 1.79. The first-order chi connectivity index (χ1) is 14.9. The van der Waals surface area contributed by atoms with Gasteiger partial charge in [-0.1, -0.05) is 36.4 Å². The van der Waals surface area contributed by atoms with Gasteiger partial charge in [-0.15, -0.1) is 24.0 Å². The zero-order valence-corrected chi connectivity index (χ0v) is 20.2. The summed E-state index contributed by atoms with van der Waals surface area (Å²) in [5.74, 6) is 1.05. The molecule has 1 aliphatic rings. The molecule has 1 aromatic carbocycles. The van der Waals surface area contributed by atoms with Crippen LogP contribution in [0.3, 0.4) is 0 Å². The van der Waals surface area contributed by atoms with E-state index in [0.717, 1.165) is 25.1 Å². The molecule has 1 aromatic heterocycles. The van der Waals surface area contributed by atoms with Crippen LogP contribution in [0.25, 0.3) is 0 Å². The Hall–Kier alpha value is -2.08. The normalized spacial score (nSPS) is 16.6. The van der Waals surface area contributed by atoms with E-state index in [9.17, 15) is 13.2 Å². The van der Waals surface area contributed by atoms with Crippen LogP contribution in [0.4, 0.5) is 13.2 Å². The van der Waals surface area contributed by atoms with Crippen LogP contribution in [-0.2, 0) is 17.9 Å². The Kier molecular flexibility index (Phi) is 10.5. The largest absolute Gasteiger partial charge is 0.468 e. The van der Waals surface area contributed by atoms with Crippen LogP contribution in [0.2, 0.25) is 0 Å². The van der Waals surface area contributed by atoms with Crippen molar-refractivity contribution in [3.05, 3.63) is 59.8 Å². The van der Waals surface area contributed by atoms with Crippen molar-refractivity contribution >= 4 is 29.9 Å². The molecule has 6 nitrogen and oxygen atoms in total. The van der Waals surface area contributed by atoms with Gasteiger partial charge in [0.25, 0.3) is 0 Å². The quantitative estimate of drug-likeness (QED) is 0.295. The highest BCUT2D eigenvalue weighted by Crippen LogP contribution is 2.21. The third-order valence-corrected chi connectivity index (χ3v) is 4.92. The number of likely N-dealkylation sites (tertiary alicyclic amines) is 1. The molecule has 32 heavy (non-hydrogen) atoms. The second-order valence-corrected chi connectivity index (χ2v) is 7.37. The van der Waals surface area contributed by atoms with Crippen molar-refractivity contribution in [2.24, 2.45) is 10.9 Å². The van der Waals surface area contributed by atoms with Gasteiger partial charge in [0.05, 0.1) is 13.2 Å². The number of nitrogens with one attached hydrogen (secondary N) is 1. The van der Waals surface area contributed by atoms with Crippen LogP contribution < -0.4 is 10.1 Å². The van der Waals surface area contributed by atoms with Gasteiger partial charge in [-0.2, -0.15) is 13.2 Å². The lowest BCUT2D eigenvalue weighted by Gasteiger charge is -2.22. The summed E-state index contributed by atoms with van der Waals surface area (Å²) in [4.78, 5) is 10.4. The van der Waals surface area contributed by atoms with Crippen LogP contribution in [0, 0.1) is 5.92 Å². The molecule has 0 radical (unpaired) electrons. The maximum atomic E-state index is 12.5. The predicted octanol–water partition coefficient (Wildman–Crippen LogP) is 4.25. The van der Waals surface area contributed by atoms with E-state index in [1.807, 2.05) is 30.3 Å². The van der Waals surface area contributed by atoms with Gasteiger partial charge in [0.1, 0.15) is 0 Å². The summed E-state index contributed by atoms with van der Waals surface area (Å²) in [5.41, 5.74) is 1.68. The van der Waals surface area contributed by atoms with Crippen molar-refractivity contribution in [3.8, 4) is 5.88 Å². The molecule has 1 atom stereocenters. The molecule has 10 heteroatoms. The van der Waals surface area contributed by atoms with Crippen LogP contribution in [0.15, 0.2) is 53.7 Å². The van der Waals surface area contributed by atoms with Crippen LogP contribution in [0.1, 0.15) is 17.5 Å². The monoisotopic (exact) mass is 564 g/mol. The maximum Gasteiger partial charge on any atom is 0.422 e. The number of guanidine groups is 1. The summed E-state index contributed by atoms with van der Waals surface area (Å²) < 4.78 is 48.1. The molecular weight excluding hydrogens is 536 g/mol. The van der Waals surface area contributed by atoms with Gasteiger partial charge in [0.2, 0.25) is 5.88 Å². The van der Waals surface area contributed by atoms with Crippen molar-refractivity contribution in [2.75, 3.05) is 33.4 Å². The van der Waals surface area contributed by atoms with Gasteiger partial charge in [0, 0.05) is 44.4 Å². The molecule has 0 bridgehead atoms. The first-order valence-corrected chi connectivity index (χ1v) is 10.2. The lowest BCUT2D eigenvalue weighted by molar-refractivity contribution is -0.154. The van der Waals surface area contributed by atoms with Gasteiger partial charge >= 0.3 is 6.18 Å². The van der Waals surface area contributed by atoms with Crippen LogP contribution >= 0.6 is 24.0 Å². The molecule has 176 valence electrons. The first kappa shape index (κ1) is 26.2. The SMILES string of the molecule is CN=C(NCc1cccnc1OCC(F)(F)F)N1CCC(COCc2ccccc2)C1.I. The van der Waals surface area contributed by atoms with Gasteiger partial charge in [0.15, 0.2) is 12.6 Å². The van der Waals surface area contributed by atoms with E-state index in [1.54, 1.807) is 19.2 Å². The number of aromatic nitrogens is 1. The summed E-state index contributed by atoms with van der Waals surface area (Å²) in [5, 5.41) is 3.20. The standard InChI is InChI=1S/C22H27F3N4O2.HI/c1-26-21(28-12-19-8-5-10-27-20(19)31-16-22(23,24)25)29-11-9-18(13-29)15-30-14-17-6-3-2-4-7-17;/h2-8,10,18H,9,11-16H2,1H3,(H,26,28);1H. The highest BCUT2D eigenvalue weighted by Gasteiger charge is 2.29. The van der Waals surface area contributed by atoms with Crippen molar-refractivity contribution in [1.82, 2.24) is 15.2 Å². The second kappa shape index (κ2) is 12.8. The third-order valence-electron chi connectivity index (χ3n) is 4.92. The number of rotatable bonds is 8. The summed E-state index contributed by atoms with van der Waals surface area (Å²) >= 11 is 0. The number of hydrogen-bond acceptors (Lipinski definition) is 4. The van der Waals surface area contributed by atoms with Crippen molar-refractivity contribution in [1.29, 1.82) is 0 Å². The molecule has 3 rings (SSSR count). The highest BCUT2D eigenvalue weighted by atomic mass is 127. The molecule has 0 spiro atoms. The average Bonchev–Trinajstić information content (AvgIpc) is 3.22. The Morgan fingerprint density at radius 3 is 2.72 bits per heavy atom. The lowest BCUT2D eigenvalue weighted by atomic mass is 10.1. The number of halogens is 4. The average molecular weight is 564 g/mol. The number of alkyl halides is 3. The zero-order chi connectivity index (χ0) is 22.1. The summed E-state index contributed by atoms with van der Waals surface area (Å²) in [7, 11) is 1.69. The molecule has 1 saturated heterocycles. The van der Waals surface area contributed by atoms with E-state index < -0.39 is 12.8 Å². The number of benzene rings is 1. The third kappa shape index (κ3) is 8.45. The molecule has 0 saturated carbocycles. The molecule has 2 heterocycles. The Morgan fingerprint density at radius 2 is 2.00 bits per heavy atom. The number of ether oxygens (including phenoxy) is 2. The fourth-order valence-electron chi connectivity index (χ4n) is 3.42. The number of nitrogens with zero attached hydrogens (tertiary/aromatic N) is 3. The van der Waals surface area contributed by atoms with Gasteiger partial charge < -0.3 is 19.7 Å². The highest BCUT2D eigenvalue weighted by molar-refractivity contribution is 14.0. The van der Waals surface area contributed by atoms with E-state index in [2.05, 4.69) is 20.2 Å². The number of pyridine rings is 1. The Balaban J connectivity index is 0.00000363. The minimum absolute atomic E-state index is 0. The fraction of sp³-hybridized carbons (Fsp3) is 0.455. The van der Waals surface area contributed by atoms with Crippen molar-refractivity contribution < 1.29 is 22.6 Å². The Bertz CT molecular complexity index is 853. The fourth-order valence-corrected chi connectivity index (χ4v) is 3.42. The second-order valence-electron chi connectivity index (χ2n) is 7.37. The number of aliphatic imine (C=N–C) groups is 1. The zero-order valence-electron chi connectivity index (χ0n) is 17.8. The smallest absolute Gasteiger partial charge is 0.422 e. The van der Waals surface area contributed by atoms with Crippen LogP contribution in [-0.4, -0.2) is 55.4 Å². The van der Waals surface area contributed by atoms with Crippen molar-refractivity contribution in [3.63, 3.8) is 0 Å². The minimum Gasteiger partial charge on any atom is -0.468 e.